The van der Waals surface area contributed by atoms with Crippen LogP contribution in [-0.4, -0.2) is 35.0 Å². The first-order valence-corrected chi connectivity index (χ1v) is 9.04. The van der Waals surface area contributed by atoms with E-state index >= 15 is 0 Å². The third-order valence-corrected chi connectivity index (χ3v) is 5.70. The van der Waals surface area contributed by atoms with Gasteiger partial charge < -0.3 is 10.2 Å². The number of aryl methyl sites for hydroxylation is 1. The Bertz CT molecular complexity index is 747. The monoisotopic (exact) mass is 348 g/mol. The van der Waals surface area contributed by atoms with Gasteiger partial charge >= 0.3 is 0 Å². The van der Waals surface area contributed by atoms with Crippen LogP contribution in [-0.2, 0) is 12.8 Å². The van der Waals surface area contributed by atoms with Crippen molar-refractivity contribution < 1.29 is 4.79 Å². The number of anilines is 1. The van der Waals surface area contributed by atoms with Gasteiger partial charge in [-0.25, -0.2) is 9.97 Å². The fourth-order valence-corrected chi connectivity index (χ4v) is 4.32. The summed E-state index contributed by atoms with van der Waals surface area (Å²) < 4.78 is 0.639. The summed E-state index contributed by atoms with van der Waals surface area (Å²) in [4.78, 5) is 24.1. The fourth-order valence-electron chi connectivity index (χ4n) is 3.38. The van der Waals surface area contributed by atoms with E-state index in [1.807, 2.05) is 0 Å². The number of hydrogen-bond acceptors (Lipinski definition) is 5. The maximum absolute atomic E-state index is 12.2. The molecule has 0 radical (unpaired) electrons. The number of hydrogen-bond donors (Lipinski definition) is 1. The van der Waals surface area contributed by atoms with Gasteiger partial charge in [-0.05, 0) is 37.8 Å². The number of nitrogens with zero attached hydrogens (tertiary/aromatic N) is 3. The smallest absolute Gasteiger partial charge is 0.261 e. The molecule has 1 saturated heterocycles. The molecule has 3 heterocycles. The van der Waals surface area contributed by atoms with E-state index in [4.69, 9.17) is 11.6 Å². The first-order valence-electron chi connectivity index (χ1n) is 7.84. The van der Waals surface area contributed by atoms with Crippen LogP contribution in [0.25, 0.3) is 0 Å². The zero-order valence-corrected chi connectivity index (χ0v) is 14.2. The molecule has 1 aliphatic carbocycles. The van der Waals surface area contributed by atoms with Crippen LogP contribution in [0.3, 0.4) is 0 Å². The summed E-state index contributed by atoms with van der Waals surface area (Å²) in [6.45, 7) is 1.72. The highest BCUT2D eigenvalue weighted by Gasteiger charge is 2.29. The Morgan fingerprint density at radius 2 is 2.26 bits per heavy atom. The molecule has 120 valence electrons. The van der Waals surface area contributed by atoms with Crippen LogP contribution >= 0.6 is 22.9 Å². The van der Waals surface area contributed by atoms with Crippen LogP contribution in [0, 0.1) is 0 Å². The fraction of sp³-hybridized carbons (Fsp3) is 0.438. The molecule has 7 heteroatoms. The van der Waals surface area contributed by atoms with Crippen molar-refractivity contribution in [3.8, 4) is 0 Å². The van der Waals surface area contributed by atoms with E-state index in [0.29, 0.717) is 9.21 Å². The Labute approximate surface area is 143 Å². The Morgan fingerprint density at radius 1 is 1.35 bits per heavy atom. The molecular formula is C16H17ClN4OS. The predicted octanol–water partition coefficient (Wildman–Crippen LogP) is 2.69. The minimum Gasteiger partial charge on any atom is -0.354 e. The predicted molar refractivity (Wildman–Crippen MR) is 91.5 cm³/mol. The number of amides is 1. The van der Waals surface area contributed by atoms with Gasteiger partial charge in [-0.1, -0.05) is 11.6 Å². The second-order valence-corrected chi connectivity index (χ2v) is 7.70. The standard InChI is InChI=1S/C16H17ClN4OS/c17-14-5-4-13(23-14)16(22)20-10-6-7-21(8-10)15-11-2-1-3-12(11)18-9-19-15/h4-5,9-10H,1-3,6-8H2,(H,20,22)/t10-/m1/s1. The van der Waals surface area contributed by atoms with Gasteiger partial charge in [0.05, 0.1) is 9.21 Å². The van der Waals surface area contributed by atoms with Crippen LogP contribution in [0.4, 0.5) is 5.82 Å². The quantitative estimate of drug-likeness (QED) is 0.926. The maximum atomic E-state index is 12.2. The molecule has 1 fully saturated rings. The maximum Gasteiger partial charge on any atom is 0.261 e. The summed E-state index contributed by atoms with van der Waals surface area (Å²) in [7, 11) is 0. The minimum atomic E-state index is -0.0401. The summed E-state index contributed by atoms with van der Waals surface area (Å²) in [5.74, 6) is 1.02. The molecule has 0 bridgehead atoms. The van der Waals surface area contributed by atoms with Crippen molar-refractivity contribution in [1.82, 2.24) is 15.3 Å². The van der Waals surface area contributed by atoms with E-state index in [2.05, 4.69) is 20.2 Å². The number of carbonyl (C=O) groups is 1. The molecular weight excluding hydrogens is 332 g/mol. The van der Waals surface area contributed by atoms with Crippen molar-refractivity contribution in [2.24, 2.45) is 0 Å². The van der Waals surface area contributed by atoms with Crippen LogP contribution < -0.4 is 10.2 Å². The molecule has 2 aliphatic rings. The van der Waals surface area contributed by atoms with Crippen molar-refractivity contribution in [2.45, 2.75) is 31.7 Å². The van der Waals surface area contributed by atoms with Crippen molar-refractivity contribution in [2.75, 3.05) is 18.0 Å². The first-order chi connectivity index (χ1) is 11.2. The molecule has 0 saturated carbocycles. The van der Waals surface area contributed by atoms with Gasteiger partial charge in [0.1, 0.15) is 12.1 Å². The lowest BCUT2D eigenvalue weighted by Crippen LogP contribution is -2.37. The van der Waals surface area contributed by atoms with E-state index in [-0.39, 0.29) is 11.9 Å². The molecule has 1 amide bonds. The van der Waals surface area contributed by atoms with Crippen molar-refractivity contribution in [3.05, 3.63) is 38.9 Å². The van der Waals surface area contributed by atoms with Crippen molar-refractivity contribution >= 4 is 34.7 Å². The largest absolute Gasteiger partial charge is 0.354 e. The van der Waals surface area contributed by atoms with Gasteiger partial charge in [-0.2, -0.15) is 0 Å². The Balaban J connectivity index is 1.44. The molecule has 0 aromatic carbocycles. The molecule has 0 unspecified atom stereocenters. The second-order valence-electron chi connectivity index (χ2n) is 5.98. The minimum absolute atomic E-state index is 0.0401. The molecule has 5 nitrogen and oxygen atoms in total. The SMILES string of the molecule is O=C(N[C@@H]1CCN(c2ncnc3c2CCC3)C1)c1ccc(Cl)s1. The van der Waals surface area contributed by atoms with Crippen LogP contribution in [0.2, 0.25) is 4.34 Å². The van der Waals surface area contributed by atoms with E-state index in [1.165, 1.54) is 22.6 Å². The van der Waals surface area contributed by atoms with E-state index in [1.54, 1.807) is 18.5 Å². The van der Waals surface area contributed by atoms with Gasteiger partial charge in [0.15, 0.2) is 0 Å². The third kappa shape index (κ3) is 2.93. The summed E-state index contributed by atoms with van der Waals surface area (Å²) >= 11 is 7.21. The topological polar surface area (TPSA) is 58.1 Å². The van der Waals surface area contributed by atoms with Crippen LogP contribution in [0.15, 0.2) is 18.5 Å². The van der Waals surface area contributed by atoms with Gasteiger partial charge in [0, 0.05) is 30.4 Å². The molecule has 1 atom stereocenters. The van der Waals surface area contributed by atoms with Crippen LogP contribution in [0.5, 0.6) is 0 Å². The molecule has 1 N–H and O–H groups in total. The molecule has 2 aromatic heterocycles. The zero-order chi connectivity index (χ0) is 15.8. The number of rotatable bonds is 3. The summed E-state index contributed by atoms with van der Waals surface area (Å²) in [5.41, 5.74) is 2.49. The first kappa shape index (κ1) is 14.9. The Morgan fingerprint density at radius 3 is 3.09 bits per heavy atom. The average Bonchev–Trinajstić information content (AvgIpc) is 3.26. The highest BCUT2D eigenvalue weighted by Crippen LogP contribution is 2.30. The van der Waals surface area contributed by atoms with Gasteiger partial charge in [-0.3, -0.25) is 4.79 Å². The number of fused-ring (bicyclic) bond motifs is 1. The molecule has 2 aromatic rings. The third-order valence-electron chi connectivity index (χ3n) is 4.47. The molecule has 4 rings (SSSR count). The highest BCUT2D eigenvalue weighted by atomic mass is 35.5. The van der Waals surface area contributed by atoms with Gasteiger partial charge in [0.25, 0.3) is 5.91 Å². The summed E-state index contributed by atoms with van der Waals surface area (Å²) in [6.07, 6.45) is 5.88. The second kappa shape index (κ2) is 6.09. The zero-order valence-electron chi connectivity index (χ0n) is 12.6. The highest BCUT2D eigenvalue weighted by molar-refractivity contribution is 7.18. The van der Waals surface area contributed by atoms with Crippen molar-refractivity contribution in [1.29, 1.82) is 0 Å². The van der Waals surface area contributed by atoms with E-state index in [9.17, 15) is 4.79 Å². The van der Waals surface area contributed by atoms with E-state index < -0.39 is 0 Å². The van der Waals surface area contributed by atoms with Crippen molar-refractivity contribution in [3.63, 3.8) is 0 Å². The molecule has 23 heavy (non-hydrogen) atoms. The van der Waals surface area contributed by atoms with Crippen LogP contribution in [0.1, 0.15) is 33.8 Å². The lowest BCUT2D eigenvalue weighted by atomic mass is 10.2. The average molecular weight is 349 g/mol. The summed E-state index contributed by atoms with van der Waals surface area (Å²) in [5, 5.41) is 3.10. The normalized spacial score (nSPS) is 19.9. The molecule has 1 aliphatic heterocycles. The number of nitrogens with one attached hydrogen (secondary N) is 1. The summed E-state index contributed by atoms with van der Waals surface area (Å²) in [6, 6.07) is 3.67. The Hall–Kier alpha value is -1.66. The van der Waals surface area contributed by atoms with E-state index in [0.717, 1.165) is 44.6 Å². The lowest BCUT2D eigenvalue weighted by molar-refractivity contribution is 0.0944. The number of thiophene rings is 1. The molecule has 0 spiro atoms. The number of aromatic nitrogens is 2. The lowest BCUT2D eigenvalue weighted by Gasteiger charge is -2.20. The Kier molecular flexibility index (Phi) is 3.95. The van der Waals surface area contributed by atoms with Gasteiger partial charge in [-0.15, -0.1) is 11.3 Å². The van der Waals surface area contributed by atoms with Gasteiger partial charge in [0.2, 0.25) is 0 Å². The number of carbonyl (C=O) groups excluding carboxylic acids is 1. The number of halogens is 1.